The van der Waals surface area contributed by atoms with Gasteiger partial charge in [-0.1, -0.05) is 0 Å². The van der Waals surface area contributed by atoms with Gasteiger partial charge in [-0.25, -0.2) is 0 Å². The Kier molecular flexibility index (Phi) is 4.90. The van der Waals surface area contributed by atoms with Crippen molar-refractivity contribution in [3.8, 4) is 0 Å². The van der Waals surface area contributed by atoms with Crippen LogP contribution in [0, 0.1) is 5.92 Å². The fraction of sp³-hybridized carbons (Fsp3) is 1.00. The summed E-state index contributed by atoms with van der Waals surface area (Å²) in [5.41, 5.74) is 0. The van der Waals surface area contributed by atoms with Gasteiger partial charge in [0.1, 0.15) is 0 Å². The standard InChI is InChI=1S/C13H23F3N2/c14-13(15,16)6-2-8-18(12-4-5-12)10-11-3-1-7-17-9-11/h11-12,17H,1-10H2. The first-order valence-electron chi connectivity index (χ1n) is 7.06. The maximum absolute atomic E-state index is 12.2. The highest BCUT2D eigenvalue weighted by Crippen LogP contribution is 2.30. The van der Waals surface area contributed by atoms with Crippen molar-refractivity contribution >= 4 is 0 Å². The van der Waals surface area contributed by atoms with E-state index in [4.69, 9.17) is 0 Å². The van der Waals surface area contributed by atoms with Gasteiger partial charge in [0.2, 0.25) is 0 Å². The van der Waals surface area contributed by atoms with Crippen molar-refractivity contribution < 1.29 is 13.2 Å². The van der Waals surface area contributed by atoms with Crippen LogP contribution in [0.1, 0.15) is 38.5 Å². The lowest BCUT2D eigenvalue weighted by atomic mass is 9.99. The summed E-state index contributed by atoms with van der Waals surface area (Å²) in [7, 11) is 0. The summed E-state index contributed by atoms with van der Waals surface area (Å²) in [5, 5.41) is 3.37. The van der Waals surface area contributed by atoms with E-state index in [1.165, 1.54) is 25.7 Å². The third-order valence-corrected chi connectivity index (χ3v) is 3.86. The second kappa shape index (κ2) is 6.24. The van der Waals surface area contributed by atoms with Gasteiger partial charge in [0.15, 0.2) is 0 Å². The average molecular weight is 264 g/mol. The number of hydrogen-bond donors (Lipinski definition) is 1. The summed E-state index contributed by atoms with van der Waals surface area (Å²) in [6.45, 7) is 3.71. The fourth-order valence-corrected chi connectivity index (χ4v) is 2.76. The summed E-state index contributed by atoms with van der Waals surface area (Å²) < 4.78 is 36.5. The molecule has 2 fully saturated rings. The van der Waals surface area contributed by atoms with Gasteiger partial charge in [0.05, 0.1) is 0 Å². The first kappa shape index (κ1) is 14.1. The van der Waals surface area contributed by atoms with E-state index < -0.39 is 12.6 Å². The normalized spacial score (nSPS) is 25.7. The maximum Gasteiger partial charge on any atom is 0.389 e. The first-order valence-corrected chi connectivity index (χ1v) is 7.06. The lowest BCUT2D eigenvalue weighted by molar-refractivity contribution is -0.136. The minimum absolute atomic E-state index is 0.250. The van der Waals surface area contributed by atoms with Crippen LogP contribution in [-0.2, 0) is 0 Å². The second-order valence-electron chi connectivity index (χ2n) is 5.66. The fourth-order valence-electron chi connectivity index (χ4n) is 2.76. The molecule has 0 bridgehead atoms. The Morgan fingerprint density at radius 2 is 1.94 bits per heavy atom. The zero-order valence-corrected chi connectivity index (χ0v) is 10.8. The molecule has 0 aromatic rings. The average Bonchev–Trinajstić information content (AvgIpc) is 3.11. The molecule has 2 nitrogen and oxygen atoms in total. The molecule has 0 aromatic carbocycles. The Hall–Kier alpha value is -0.290. The van der Waals surface area contributed by atoms with E-state index in [9.17, 15) is 13.2 Å². The molecule has 1 unspecified atom stereocenters. The maximum atomic E-state index is 12.2. The first-order chi connectivity index (χ1) is 8.54. The third-order valence-electron chi connectivity index (χ3n) is 3.86. The SMILES string of the molecule is FC(F)(F)CCCN(CC1CCCNC1)C1CC1. The molecule has 1 aliphatic carbocycles. The molecule has 1 N–H and O–H groups in total. The van der Waals surface area contributed by atoms with Crippen LogP contribution in [-0.4, -0.2) is 43.3 Å². The van der Waals surface area contributed by atoms with Crippen molar-refractivity contribution in [2.45, 2.75) is 50.7 Å². The van der Waals surface area contributed by atoms with Crippen molar-refractivity contribution in [3.63, 3.8) is 0 Å². The number of hydrogen-bond acceptors (Lipinski definition) is 2. The summed E-state index contributed by atoms with van der Waals surface area (Å²) in [4.78, 5) is 2.30. The molecular formula is C13H23F3N2. The number of piperidine rings is 1. The quantitative estimate of drug-likeness (QED) is 0.793. The van der Waals surface area contributed by atoms with E-state index in [0.717, 1.165) is 19.6 Å². The van der Waals surface area contributed by atoms with Gasteiger partial charge >= 0.3 is 6.18 Å². The third kappa shape index (κ3) is 5.14. The van der Waals surface area contributed by atoms with E-state index in [0.29, 0.717) is 18.5 Å². The summed E-state index contributed by atoms with van der Waals surface area (Å²) in [6.07, 6.45) is 0.375. The Morgan fingerprint density at radius 1 is 1.17 bits per heavy atom. The second-order valence-corrected chi connectivity index (χ2v) is 5.66. The van der Waals surface area contributed by atoms with E-state index in [1.807, 2.05) is 0 Å². The number of rotatable bonds is 6. The van der Waals surface area contributed by atoms with Gasteiger partial charge in [-0.2, -0.15) is 13.2 Å². The van der Waals surface area contributed by atoms with Crippen molar-refractivity contribution in [2.24, 2.45) is 5.92 Å². The smallest absolute Gasteiger partial charge is 0.316 e. The minimum Gasteiger partial charge on any atom is -0.316 e. The zero-order valence-electron chi connectivity index (χ0n) is 10.8. The molecule has 18 heavy (non-hydrogen) atoms. The lowest BCUT2D eigenvalue weighted by Crippen LogP contribution is -2.39. The molecule has 0 aromatic heterocycles. The van der Waals surface area contributed by atoms with Crippen LogP contribution < -0.4 is 5.32 Å². The van der Waals surface area contributed by atoms with Crippen LogP contribution in [0.15, 0.2) is 0 Å². The summed E-state index contributed by atoms with van der Waals surface area (Å²) in [5.74, 6) is 0.630. The van der Waals surface area contributed by atoms with Gasteiger partial charge < -0.3 is 10.2 Å². The largest absolute Gasteiger partial charge is 0.389 e. The van der Waals surface area contributed by atoms with E-state index in [1.54, 1.807) is 0 Å². The molecule has 0 radical (unpaired) electrons. The highest BCUT2D eigenvalue weighted by atomic mass is 19.4. The molecule has 2 rings (SSSR count). The molecule has 5 heteroatoms. The molecule has 0 spiro atoms. The van der Waals surface area contributed by atoms with Crippen molar-refractivity contribution in [1.82, 2.24) is 10.2 Å². The highest BCUT2D eigenvalue weighted by Gasteiger charge is 2.32. The lowest BCUT2D eigenvalue weighted by Gasteiger charge is -2.30. The molecule has 1 atom stereocenters. The van der Waals surface area contributed by atoms with Gasteiger partial charge in [0, 0.05) is 19.0 Å². The van der Waals surface area contributed by atoms with Crippen LogP contribution in [0.3, 0.4) is 0 Å². The zero-order chi connectivity index (χ0) is 13.0. The number of alkyl halides is 3. The van der Waals surface area contributed by atoms with Gasteiger partial charge in [-0.05, 0) is 57.7 Å². The topological polar surface area (TPSA) is 15.3 Å². The van der Waals surface area contributed by atoms with Crippen molar-refractivity contribution in [2.75, 3.05) is 26.2 Å². The molecule has 1 aliphatic heterocycles. The van der Waals surface area contributed by atoms with Crippen molar-refractivity contribution in [1.29, 1.82) is 0 Å². The van der Waals surface area contributed by atoms with Gasteiger partial charge in [-0.15, -0.1) is 0 Å². The summed E-state index contributed by atoms with van der Waals surface area (Å²) >= 11 is 0. The van der Waals surface area contributed by atoms with Crippen LogP contribution in [0.25, 0.3) is 0 Å². The number of nitrogens with one attached hydrogen (secondary N) is 1. The summed E-state index contributed by atoms with van der Waals surface area (Å²) in [6, 6.07) is 0.570. The molecule has 1 heterocycles. The molecule has 0 amide bonds. The predicted octanol–water partition coefficient (Wildman–Crippen LogP) is 2.79. The minimum atomic E-state index is -4.00. The predicted molar refractivity (Wildman–Crippen MR) is 65.5 cm³/mol. The van der Waals surface area contributed by atoms with E-state index in [-0.39, 0.29) is 6.42 Å². The molecule has 1 saturated heterocycles. The van der Waals surface area contributed by atoms with E-state index >= 15 is 0 Å². The molecule has 1 saturated carbocycles. The molecular weight excluding hydrogens is 241 g/mol. The molecule has 106 valence electrons. The Labute approximate surface area is 107 Å². The highest BCUT2D eigenvalue weighted by molar-refractivity contribution is 4.86. The Morgan fingerprint density at radius 3 is 2.50 bits per heavy atom. The van der Waals surface area contributed by atoms with Crippen LogP contribution >= 0.6 is 0 Å². The Bertz CT molecular complexity index is 245. The van der Waals surface area contributed by atoms with Crippen LogP contribution in [0.5, 0.6) is 0 Å². The monoisotopic (exact) mass is 264 g/mol. The Balaban J connectivity index is 1.70. The van der Waals surface area contributed by atoms with Crippen LogP contribution in [0.4, 0.5) is 13.2 Å². The molecule has 2 aliphatic rings. The van der Waals surface area contributed by atoms with Crippen LogP contribution in [0.2, 0.25) is 0 Å². The number of nitrogens with zero attached hydrogens (tertiary/aromatic N) is 1. The van der Waals surface area contributed by atoms with Crippen molar-refractivity contribution in [3.05, 3.63) is 0 Å². The van der Waals surface area contributed by atoms with E-state index in [2.05, 4.69) is 10.2 Å². The van der Waals surface area contributed by atoms with Gasteiger partial charge in [-0.3, -0.25) is 0 Å². The van der Waals surface area contributed by atoms with Gasteiger partial charge in [0.25, 0.3) is 0 Å². The number of halogens is 3.